The highest BCUT2D eigenvalue weighted by Gasteiger charge is 2.37. The Kier molecular flexibility index (Phi) is 14.1. The van der Waals surface area contributed by atoms with E-state index in [1.807, 2.05) is 66.7 Å². The molecule has 0 bridgehead atoms. The van der Waals surface area contributed by atoms with Crippen molar-refractivity contribution in [1.29, 1.82) is 0 Å². The van der Waals surface area contributed by atoms with Crippen molar-refractivity contribution >= 4 is 0 Å². The van der Waals surface area contributed by atoms with E-state index < -0.39 is 23.7 Å². The first-order valence-electron chi connectivity index (χ1n) is 16.8. The van der Waals surface area contributed by atoms with E-state index in [0.29, 0.717) is 72.5 Å². The molecule has 0 saturated heterocycles. The van der Waals surface area contributed by atoms with Crippen LogP contribution in [-0.2, 0) is 39.4 Å². The highest BCUT2D eigenvalue weighted by atomic mass is 16.5. The van der Waals surface area contributed by atoms with Crippen molar-refractivity contribution in [1.82, 2.24) is 0 Å². The Labute approximate surface area is 279 Å². The van der Waals surface area contributed by atoms with Gasteiger partial charge in [0.25, 0.3) is 0 Å². The topological polar surface area (TPSA) is 149 Å². The standard InChI is InChI=1S/C38H54O9/c1-8-32(39)29-17-27(16-25(36(29)43)22-47-13-6)38(7,26-14-23(20-45-11-4)35(42)24(15-26)21-46-12-5)28-18-30(33(40)9-2)37(44)31(19-28)34(41)10-3/h14-19,32-34,39-44H,8-13,20-22H2,1-7H3. The molecule has 0 heterocycles. The van der Waals surface area contributed by atoms with E-state index in [-0.39, 0.29) is 48.2 Å². The van der Waals surface area contributed by atoms with Gasteiger partial charge in [-0.3, -0.25) is 0 Å². The summed E-state index contributed by atoms with van der Waals surface area (Å²) in [5, 5.41) is 67.1. The van der Waals surface area contributed by atoms with Gasteiger partial charge in [-0.1, -0.05) is 20.8 Å². The summed E-state index contributed by atoms with van der Waals surface area (Å²) in [5.41, 5.74) is 3.45. The lowest BCUT2D eigenvalue weighted by atomic mass is 9.68. The molecule has 260 valence electrons. The van der Waals surface area contributed by atoms with Gasteiger partial charge in [0.1, 0.15) is 17.2 Å². The molecule has 0 fully saturated rings. The van der Waals surface area contributed by atoms with Crippen LogP contribution in [0.2, 0.25) is 0 Å². The van der Waals surface area contributed by atoms with Gasteiger partial charge in [-0.2, -0.15) is 0 Å². The first kappa shape index (κ1) is 38.3. The first-order chi connectivity index (χ1) is 22.4. The molecular weight excluding hydrogens is 600 g/mol. The zero-order valence-corrected chi connectivity index (χ0v) is 29.0. The molecule has 3 rings (SSSR count). The van der Waals surface area contributed by atoms with Gasteiger partial charge in [0.2, 0.25) is 0 Å². The fourth-order valence-electron chi connectivity index (χ4n) is 5.91. The van der Waals surface area contributed by atoms with Crippen LogP contribution in [0.4, 0.5) is 0 Å². The predicted molar refractivity (Wildman–Crippen MR) is 182 cm³/mol. The number of aromatic hydroxyl groups is 3. The van der Waals surface area contributed by atoms with Crippen LogP contribution in [0.5, 0.6) is 17.2 Å². The van der Waals surface area contributed by atoms with Gasteiger partial charge in [-0.05, 0) is 100 Å². The number of rotatable bonds is 18. The number of phenolic OH excluding ortho intramolecular Hbond substituents is 3. The second-order valence-electron chi connectivity index (χ2n) is 12.0. The van der Waals surface area contributed by atoms with Crippen LogP contribution in [-0.4, -0.2) is 50.5 Å². The number of benzene rings is 3. The smallest absolute Gasteiger partial charge is 0.127 e. The van der Waals surface area contributed by atoms with Crippen molar-refractivity contribution in [3.8, 4) is 17.2 Å². The van der Waals surface area contributed by atoms with Crippen molar-refractivity contribution in [2.75, 3.05) is 19.8 Å². The summed E-state index contributed by atoms with van der Waals surface area (Å²) >= 11 is 0. The van der Waals surface area contributed by atoms with E-state index >= 15 is 0 Å². The van der Waals surface area contributed by atoms with Gasteiger partial charge in [-0.15, -0.1) is 0 Å². The molecule has 0 spiro atoms. The third kappa shape index (κ3) is 8.28. The van der Waals surface area contributed by atoms with Crippen molar-refractivity contribution in [2.24, 2.45) is 0 Å². The number of aliphatic hydroxyl groups excluding tert-OH is 3. The largest absolute Gasteiger partial charge is 0.507 e. The van der Waals surface area contributed by atoms with Crippen LogP contribution in [0.1, 0.15) is 136 Å². The molecular formula is C38H54O9. The third-order valence-corrected chi connectivity index (χ3v) is 9.01. The van der Waals surface area contributed by atoms with Crippen LogP contribution < -0.4 is 0 Å². The Hall–Kier alpha value is -3.18. The number of phenols is 3. The maximum atomic E-state index is 11.3. The third-order valence-electron chi connectivity index (χ3n) is 9.01. The molecule has 0 aromatic heterocycles. The summed E-state index contributed by atoms with van der Waals surface area (Å²) in [6.07, 6.45) is -1.95. The fraction of sp³-hybridized carbons (Fsp3) is 0.526. The first-order valence-corrected chi connectivity index (χ1v) is 16.8. The lowest BCUT2D eigenvalue weighted by molar-refractivity contribution is 0.126. The second kappa shape index (κ2) is 17.3. The van der Waals surface area contributed by atoms with Crippen molar-refractivity contribution in [2.45, 2.75) is 111 Å². The summed E-state index contributed by atoms with van der Waals surface area (Å²) in [6.45, 7) is 14.7. The molecule has 0 amide bonds. The van der Waals surface area contributed by atoms with Crippen molar-refractivity contribution in [3.05, 3.63) is 86.5 Å². The SMILES string of the molecule is CCOCc1cc(C(C)(c2cc(COCC)c(O)c(C(O)CC)c2)c2cc(C(O)CC)c(O)c(C(O)CC)c2)cc(COCC)c1O. The average molecular weight is 655 g/mol. The molecule has 6 N–H and O–H groups in total. The number of hydrogen-bond acceptors (Lipinski definition) is 9. The highest BCUT2D eigenvalue weighted by Crippen LogP contribution is 2.48. The van der Waals surface area contributed by atoms with Crippen LogP contribution in [0.3, 0.4) is 0 Å². The Bertz CT molecular complexity index is 1410. The zero-order chi connectivity index (χ0) is 34.9. The van der Waals surface area contributed by atoms with Gasteiger partial charge in [0.05, 0.1) is 38.1 Å². The maximum Gasteiger partial charge on any atom is 0.127 e. The van der Waals surface area contributed by atoms with Gasteiger partial charge in [-0.25, -0.2) is 0 Å². The molecule has 4 atom stereocenters. The molecule has 47 heavy (non-hydrogen) atoms. The van der Waals surface area contributed by atoms with Crippen LogP contribution in [0.15, 0.2) is 36.4 Å². The number of ether oxygens (including phenoxy) is 3. The Balaban J connectivity index is 2.58. The fourth-order valence-corrected chi connectivity index (χ4v) is 5.91. The molecule has 0 saturated carbocycles. The molecule has 3 aromatic carbocycles. The lowest BCUT2D eigenvalue weighted by Crippen LogP contribution is -2.28. The molecule has 4 unspecified atom stereocenters. The van der Waals surface area contributed by atoms with E-state index in [2.05, 4.69) is 0 Å². The summed E-state index contributed by atoms with van der Waals surface area (Å²) in [4.78, 5) is 0. The molecule has 9 nitrogen and oxygen atoms in total. The van der Waals surface area contributed by atoms with E-state index in [4.69, 9.17) is 14.2 Å². The minimum absolute atomic E-state index is 0.0476. The molecule has 0 aliphatic heterocycles. The molecule has 0 radical (unpaired) electrons. The van der Waals surface area contributed by atoms with Crippen LogP contribution >= 0.6 is 0 Å². The number of aliphatic hydroxyl groups is 3. The monoisotopic (exact) mass is 654 g/mol. The van der Waals surface area contributed by atoms with Gasteiger partial charge in [0, 0.05) is 58.6 Å². The van der Waals surface area contributed by atoms with E-state index in [0.717, 1.165) is 5.56 Å². The quantitative estimate of drug-likeness (QED) is 0.0790. The molecule has 0 aliphatic rings. The van der Waals surface area contributed by atoms with Crippen molar-refractivity contribution in [3.63, 3.8) is 0 Å². The molecule has 0 aliphatic carbocycles. The normalized spacial score (nSPS) is 14.9. The minimum Gasteiger partial charge on any atom is -0.507 e. The summed E-state index contributed by atoms with van der Waals surface area (Å²) in [7, 11) is 0. The molecule has 3 aromatic rings. The Morgan fingerprint density at radius 3 is 1.13 bits per heavy atom. The highest BCUT2D eigenvalue weighted by molar-refractivity contribution is 5.60. The summed E-state index contributed by atoms with van der Waals surface area (Å²) < 4.78 is 17.2. The molecule has 9 heteroatoms. The summed E-state index contributed by atoms with van der Waals surface area (Å²) in [5.74, 6) is -0.143. The minimum atomic E-state index is -1.09. The van der Waals surface area contributed by atoms with Crippen molar-refractivity contribution < 1.29 is 44.8 Å². The second-order valence-corrected chi connectivity index (χ2v) is 12.0. The van der Waals surface area contributed by atoms with Gasteiger partial charge >= 0.3 is 0 Å². The van der Waals surface area contributed by atoms with E-state index in [1.165, 1.54) is 0 Å². The van der Waals surface area contributed by atoms with Crippen LogP contribution in [0, 0.1) is 0 Å². The summed E-state index contributed by atoms with van der Waals surface area (Å²) in [6, 6.07) is 10.8. The Morgan fingerprint density at radius 1 is 0.489 bits per heavy atom. The zero-order valence-electron chi connectivity index (χ0n) is 29.0. The van der Waals surface area contributed by atoms with E-state index in [9.17, 15) is 30.6 Å². The number of hydrogen-bond donors (Lipinski definition) is 6. The van der Waals surface area contributed by atoms with Gasteiger partial charge in [0.15, 0.2) is 0 Å². The average Bonchev–Trinajstić information content (AvgIpc) is 3.08. The Morgan fingerprint density at radius 2 is 0.787 bits per heavy atom. The predicted octanol–water partition coefficient (Wildman–Crippen LogP) is 7.10. The maximum absolute atomic E-state index is 11.3. The lowest BCUT2D eigenvalue weighted by Gasteiger charge is -2.36. The van der Waals surface area contributed by atoms with Crippen LogP contribution in [0.25, 0.3) is 0 Å². The van der Waals surface area contributed by atoms with E-state index in [1.54, 1.807) is 18.2 Å². The van der Waals surface area contributed by atoms with Gasteiger partial charge < -0.3 is 44.8 Å².